The van der Waals surface area contributed by atoms with E-state index in [0.29, 0.717) is 13.2 Å². The Balaban J connectivity index is 2.44. The van der Waals surface area contributed by atoms with Gasteiger partial charge >= 0.3 is 0 Å². The molecule has 0 aromatic carbocycles. The van der Waals surface area contributed by atoms with E-state index in [4.69, 9.17) is 9.69 Å². The van der Waals surface area contributed by atoms with Crippen LogP contribution in [0, 0.1) is 17.1 Å². The fraction of sp³-hybridized carbons (Fsp3) is 0.647. The maximum absolute atomic E-state index is 13.3. The van der Waals surface area contributed by atoms with Crippen LogP contribution in [-0.4, -0.2) is 19.5 Å². The number of nitriles is 1. The van der Waals surface area contributed by atoms with Crippen molar-refractivity contribution in [2.75, 3.05) is 6.61 Å². The first-order valence-electron chi connectivity index (χ1n) is 8.03. The zero-order valence-corrected chi connectivity index (χ0v) is 15.8. The maximum atomic E-state index is 13.3. The highest BCUT2D eigenvalue weighted by molar-refractivity contribution is 6.74. The van der Waals surface area contributed by atoms with Crippen LogP contribution in [0.2, 0.25) is 18.1 Å². The number of hydrogen-bond donors (Lipinski definition) is 0. The van der Waals surface area contributed by atoms with Crippen LogP contribution < -0.4 is 5.56 Å². The van der Waals surface area contributed by atoms with Gasteiger partial charge in [-0.15, -0.1) is 0 Å². The van der Waals surface area contributed by atoms with Crippen LogP contribution in [-0.2, 0) is 11.0 Å². The molecular formula is C17H27FN2O2Si. The molecule has 1 aromatic heterocycles. The van der Waals surface area contributed by atoms with Crippen LogP contribution >= 0.6 is 0 Å². The van der Waals surface area contributed by atoms with Gasteiger partial charge in [0, 0.05) is 13.2 Å². The van der Waals surface area contributed by atoms with E-state index in [1.165, 1.54) is 10.6 Å². The molecule has 1 aromatic rings. The predicted octanol–water partition coefficient (Wildman–Crippen LogP) is 4.05. The second-order valence-corrected chi connectivity index (χ2v) is 12.1. The molecule has 0 fully saturated rings. The van der Waals surface area contributed by atoms with E-state index in [2.05, 4.69) is 33.9 Å². The van der Waals surface area contributed by atoms with Crippen molar-refractivity contribution in [3.63, 3.8) is 0 Å². The number of aromatic nitrogens is 1. The van der Waals surface area contributed by atoms with Crippen LogP contribution in [0.3, 0.4) is 0 Å². The predicted molar refractivity (Wildman–Crippen MR) is 92.4 cm³/mol. The minimum absolute atomic E-state index is 0.198. The lowest BCUT2D eigenvalue weighted by Gasteiger charge is -2.36. The normalized spacial score (nSPS) is 12.2. The van der Waals surface area contributed by atoms with Gasteiger partial charge in [-0.05, 0) is 49.5 Å². The summed E-state index contributed by atoms with van der Waals surface area (Å²) in [5.41, 5.74) is -0.518. The van der Waals surface area contributed by atoms with Crippen molar-refractivity contribution >= 4 is 8.32 Å². The molecule has 6 heteroatoms. The van der Waals surface area contributed by atoms with E-state index in [0.717, 1.165) is 25.3 Å². The van der Waals surface area contributed by atoms with Crippen molar-refractivity contribution in [3.8, 4) is 6.07 Å². The van der Waals surface area contributed by atoms with Crippen molar-refractivity contribution in [1.82, 2.24) is 4.57 Å². The topological polar surface area (TPSA) is 55.0 Å². The summed E-state index contributed by atoms with van der Waals surface area (Å²) in [5.74, 6) is -0.815. The van der Waals surface area contributed by atoms with E-state index < -0.39 is 19.7 Å². The Morgan fingerprint density at radius 1 is 1.26 bits per heavy atom. The van der Waals surface area contributed by atoms with Crippen molar-refractivity contribution in [2.45, 2.75) is 64.7 Å². The minimum Gasteiger partial charge on any atom is -0.417 e. The summed E-state index contributed by atoms with van der Waals surface area (Å²) in [6.45, 7) is 12.1. The molecule has 0 bridgehead atoms. The summed E-state index contributed by atoms with van der Waals surface area (Å²) in [6, 6.07) is 4.32. The average molecular weight is 338 g/mol. The third kappa shape index (κ3) is 5.29. The molecule has 23 heavy (non-hydrogen) atoms. The Morgan fingerprint density at radius 2 is 1.91 bits per heavy atom. The van der Waals surface area contributed by atoms with E-state index in [-0.39, 0.29) is 10.7 Å². The van der Waals surface area contributed by atoms with E-state index in [1.807, 2.05) is 6.07 Å². The number of unbranched alkanes of at least 4 members (excludes halogenated alkanes) is 2. The molecule has 1 rings (SSSR count). The van der Waals surface area contributed by atoms with E-state index in [1.54, 1.807) is 0 Å². The molecule has 0 saturated heterocycles. The number of nitrogens with zero attached hydrogens (tertiary/aromatic N) is 2. The molecule has 0 aliphatic rings. The molecule has 0 N–H and O–H groups in total. The molecule has 0 unspecified atom stereocenters. The number of rotatable bonds is 7. The first kappa shape index (κ1) is 19.6. The highest BCUT2D eigenvalue weighted by Gasteiger charge is 2.36. The Labute approximate surface area is 139 Å². The minimum atomic E-state index is -1.71. The smallest absolute Gasteiger partial charge is 0.287 e. The Hall–Kier alpha value is -1.45. The van der Waals surface area contributed by atoms with Gasteiger partial charge in [-0.25, -0.2) is 4.39 Å². The number of pyridine rings is 1. The van der Waals surface area contributed by atoms with Crippen LogP contribution in [0.25, 0.3) is 0 Å². The van der Waals surface area contributed by atoms with Gasteiger partial charge in [-0.2, -0.15) is 5.26 Å². The van der Waals surface area contributed by atoms with Crippen LogP contribution in [0.4, 0.5) is 4.39 Å². The Morgan fingerprint density at radius 3 is 2.48 bits per heavy atom. The highest BCUT2D eigenvalue weighted by atomic mass is 28.4. The lowest BCUT2D eigenvalue weighted by molar-refractivity contribution is 0.276. The summed E-state index contributed by atoms with van der Waals surface area (Å²) in [6.07, 6.45) is 2.50. The van der Waals surface area contributed by atoms with Gasteiger partial charge < -0.3 is 4.43 Å². The largest absolute Gasteiger partial charge is 0.417 e. The van der Waals surface area contributed by atoms with E-state index >= 15 is 0 Å². The van der Waals surface area contributed by atoms with Gasteiger partial charge in [0.2, 0.25) is 0 Å². The molecule has 0 spiro atoms. The molecule has 0 radical (unpaired) electrons. The zero-order chi connectivity index (χ0) is 17.7. The van der Waals surface area contributed by atoms with Crippen molar-refractivity contribution in [2.24, 2.45) is 0 Å². The average Bonchev–Trinajstić information content (AvgIpc) is 2.45. The second kappa shape index (κ2) is 7.89. The van der Waals surface area contributed by atoms with Gasteiger partial charge in [0.05, 0.1) is 0 Å². The lowest BCUT2D eigenvalue weighted by atomic mass is 10.2. The standard InChI is InChI=1S/C17H27FN2O2Si/c1-17(2,3)23(4,5)22-12-8-6-7-11-20-14(13-19)9-10-15(18)16(20)21/h9-10H,6-8,11-12H2,1-5H3. The fourth-order valence-corrected chi connectivity index (χ4v) is 3.05. The van der Waals surface area contributed by atoms with Crippen LogP contribution in [0.15, 0.2) is 16.9 Å². The second-order valence-electron chi connectivity index (χ2n) is 7.30. The SMILES string of the molecule is CC(C)(C)[Si](C)(C)OCCCCCn1c(C#N)ccc(F)c1=O. The van der Waals surface area contributed by atoms with Crippen LogP contribution in [0.5, 0.6) is 0 Å². The fourth-order valence-electron chi connectivity index (χ4n) is 1.96. The van der Waals surface area contributed by atoms with Gasteiger partial charge in [0.1, 0.15) is 11.8 Å². The van der Waals surface area contributed by atoms with Gasteiger partial charge in [0.25, 0.3) is 5.56 Å². The lowest BCUT2D eigenvalue weighted by Crippen LogP contribution is -2.40. The third-order valence-corrected chi connectivity index (χ3v) is 9.08. The molecule has 0 aliphatic heterocycles. The molecule has 1 heterocycles. The van der Waals surface area contributed by atoms with Crippen molar-refractivity contribution in [1.29, 1.82) is 5.26 Å². The summed E-state index contributed by atoms with van der Waals surface area (Å²) >= 11 is 0. The van der Waals surface area contributed by atoms with Crippen LogP contribution in [0.1, 0.15) is 45.7 Å². The molecule has 0 atom stereocenters. The quantitative estimate of drug-likeness (QED) is 0.556. The number of halogens is 1. The van der Waals surface area contributed by atoms with Crippen molar-refractivity contribution < 1.29 is 8.82 Å². The molecular weight excluding hydrogens is 311 g/mol. The summed E-state index contributed by atoms with van der Waals surface area (Å²) < 4.78 is 20.6. The monoisotopic (exact) mass is 338 g/mol. The van der Waals surface area contributed by atoms with Crippen molar-refractivity contribution in [3.05, 3.63) is 34.0 Å². The number of hydrogen-bond acceptors (Lipinski definition) is 3. The third-order valence-electron chi connectivity index (χ3n) is 4.54. The molecule has 0 saturated carbocycles. The Kier molecular flexibility index (Phi) is 6.72. The first-order valence-corrected chi connectivity index (χ1v) is 10.9. The van der Waals surface area contributed by atoms with Gasteiger partial charge in [-0.1, -0.05) is 20.8 Å². The van der Waals surface area contributed by atoms with Gasteiger partial charge in [0.15, 0.2) is 14.1 Å². The highest BCUT2D eigenvalue weighted by Crippen LogP contribution is 2.36. The first-order chi connectivity index (χ1) is 10.6. The summed E-state index contributed by atoms with van der Waals surface area (Å²) in [5, 5.41) is 9.19. The molecule has 4 nitrogen and oxygen atoms in total. The van der Waals surface area contributed by atoms with E-state index in [9.17, 15) is 9.18 Å². The maximum Gasteiger partial charge on any atom is 0.287 e. The zero-order valence-electron chi connectivity index (χ0n) is 14.8. The molecule has 128 valence electrons. The molecule has 0 amide bonds. The summed E-state index contributed by atoms with van der Waals surface area (Å²) in [7, 11) is -1.71. The van der Waals surface area contributed by atoms with Gasteiger partial charge in [-0.3, -0.25) is 9.36 Å². The Bertz CT molecular complexity index is 627. The summed E-state index contributed by atoms with van der Waals surface area (Å²) in [4.78, 5) is 11.7. The molecule has 0 aliphatic carbocycles.